The van der Waals surface area contributed by atoms with Crippen LogP contribution < -0.4 is 5.32 Å². The molecular weight excluding hydrogens is 266 g/mol. The highest BCUT2D eigenvalue weighted by Crippen LogP contribution is 2.04. The number of allylic oxidation sites excluding steroid dienone is 3. The lowest BCUT2D eigenvalue weighted by molar-refractivity contribution is -0.147. The number of esters is 1. The molecule has 0 amide bonds. The SMILES string of the molecule is C=C/C=C(\CC)N=CN(CNCC)CC(C)C(=O)OCC. The Labute approximate surface area is 128 Å². The van der Waals surface area contributed by atoms with Gasteiger partial charge >= 0.3 is 5.97 Å². The number of rotatable bonds is 11. The van der Waals surface area contributed by atoms with Gasteiger partial charge in [0.1, 0.15) is 0 Å². The third-order valence-corrected chi connectivity index (χ3v) is 2.82. The van der Waals surface area contributed by atoms with E-state index in [0.717, 1.165) is 18.7 Å². The minimum Gasteiger partial charge on any atom is -0.466 e. The Balaban J connectivity index is 4.70. The van der Waals surface area contributed by atoms with Crippen molar-refractivity contribution >= 4 is 12.3 Å². The van der Waals surface area contributed by atoms with Gasteiger partial charge in [-0.05, 0) is 26.0 Å². The lowest BCUT2D eigenvalue weighted by Crippen LogP contribution is -2.38. The van der Waals surface area contributed by atoms with Crippen molar-refractivity contribution in [1.82, 2.24) is 10.2 Å². The first kappa shape index (κ1) is 19.4. The van der Waals surface area contributed by atoms with E-state index >= 15 is 0 Å². The molecule has 0 bridgehead atoms. The molecule has 0 spiro atoms. The van der Waals surface area contributed by atoms with Crippen LogP contribution in [0.4, 0.5) is 0 Å². The van der Waals surface area contributed by atoms with Crippen molar-refractivity contribution < 1.29 is 9.53 Å². The summed E-state index contributed by atoms with van der Waals surface area (Å²) < 4.78 is 5.04. The van der Waals surface area contributed by atoms with E-state index < -0.39 is 0 Å². The van der Waals surface area contributed by atoms with Crippen LogP contribution >= 0.6 is 0 Å². The minimum atomic E-state index is -0.191. The summed E-state index contributed by atoms with van der Waals surface area (Å²) >= 11 is 0. The molecule has 1 unspecified atom stereocenters. The van der Waals surface area contributed by atoms with Crippen LogP contribution in [0.5, 0.6) is 0 Å². The number of ether oxygens (including phenoxy) is 1. The fraction of sp³-hybridized carbons (Fsp3) is 0.625. The zero-order valence-corrected chi connectivity index (χ0v) is 13.8. The quantitative estimate of drug-likeness (QED) is 0.209. The highest BCUT2D eigenvalue weighted by Gasteiger charge is 2.16. The van der Waals surface area contributed by atoms with Gasteiger partial charge in [0.15, 0.2) is 0 Å². The highest BCUT2D eigenvalue weighted by molar-refractivity contribution is 5.72. The summed E-state index contributed by atoms with van der Waals surface area (Å²) in [6, 6.07) is 0. The molecule has 0 aliphatic heterocycles. The minimum absolute atomic E-state index is 0.176. The number of carbonyl (C=O) groups is 1. The molecule has 0 fully saturated rings. The van der Waals surface area contributed by atoms with Crippen molar-refractivity contribution in [3.8, 4) is 0 Å². The van der Waals surface area contributed by atoms with Crippen molar-refractivity contribution in [3.63, 3.8) is 0 Å². The van der Waals surface area contributed by atoms with Crippen LogP contribution in [0.1, 0.15) is 34.1 Å². The summed E-state index contributed by atoms with van der Waals surface area (Å²) in [6.45, 7) is 13.9. The van der Waals surface area contributed by atoms with Crippen molar-refractivity contribution in [2.75, 3.05) is 26.4 Å². The molecule has 5 heteroatoms. The standard InChI is InChI=1S/C16H29N3O2/c1-6-10-15(7-2)18-13-19(12-17-8-3)11-14(5)16(20)21-9-4/h6,10,13-14,17H,1,7-9,11-12H2,2-5H3/b15-10+,18-13?. The molecule has 1 N–H and O–H groups in total. The number of carbonyl (C=O) groups excluding carboxylic acids is 1. The molecule has 120 valence electrons. The number of aliphatic imine (C=N–C) groups is 1. The molecular formula is C16H29N3O2. The van der Waals surface area contributed by atoms with Crippen LogP contribution in [-0.4, -0.2) is 43.6 Å². The van der Waals surface area contributed by atoms with E-state index in [4.69, 9.17) is 4.74 Å². The summed E-state index contributed by atoms with van der Waals surface area (Å²) in [7, 11) is 0. The second-order valence-corrected chi connectivity index (χ2v) is 4.68. The number of nitrogens with zero attached hydrogens (tertiary/aromatic N) is 2. The topological polar surface area (TPSA) is 53.9 Å². The number of nitrogens with one attached hydrogen (secondary N) is 1. The zero-order chi connectivity index (χ0) is 16.1. The van der Waals surface area contributed by atoms with Crippen molar-refractivity contribution in [1.29, 1.82) is 0 Å². The Hall–Kier alpha value is -1.62. The molecule has 0 heterocycles. The molecule has 0 aromatic heterocycles. The second-order valence-electron chi connectivity index (χ2n) is 4.68. The molecule has 1 atom stereocenters. The first-order valence-corrected chi connectivity index (χ1v) is 7.56. The summed E-state index contributed by atoms with van der Waals surface area (Å²) in [5.41, 5.74) is 0.954. The summed E-state index contributed by atoms with van der Waals surface area (Å²) in [5.74, 6) is -0.367. The maximum absolute atomic E-state index is 11.7. The van der Waals surface area contributed by atoms with Gasteiger partial charge in [-0.15, -0.1) is 0 Å². The highest BCUT2D eigenvalue weighted by atomic mass is 16.5. The van der Waals surface area contributed by atoms with Gasteiger partial charge in [-0.25, -0.2) is 4.99 Å². The molecule has 0 saturated carbocycles. The van der Waals surface area contributed by atoms with Crippen molar-refractivity contribution in [2.24, 2.45) is 10.9 Å². The second kappa shape index (κ2) is 12.1. The molecule has 0 radical (unpaired) electrons. The monoisotopic (exact) mass is 295 g/mol. The summed E-state index contributed by atoms with van der Waals surface area (Å²) in [4.78, 5) is 18.1. The van der Waals surface area contributed by atoms with Crippen LogP contribution in [0.3, 0.4) is 0 Å². The van der Waals surface area contributed by atoms with E-state index in [-0.39, 0.29) is 11.9 Å². The molecule has 21 heavy (non-hydrogen) atoms. The van der Waals surface area contributed by atoms with E-state index in [2.05, 4.69) is 16.9 Å². The predicted octanol–water partition coefficient (Wildman–Crippen LogP) is 2.56. The Kier molecular flexibility index (Phi) is 11.2. The molecule has 0 aliphatic carbocycles. The fourth-order valence-corrected chi connectivity index (χ4v) is 1.66. The van der Waals surface area contributed by atoms with Gasteiger partial charge in [0.2, 0.25) is 0 Å². The van der Waals surface area contributed by atoms with Crippen LogP contribution in [0, 0.1) is 5.92 Å². The molecule has 5 nitrogen and oxygen atoms in total. The van der Waals surface area contributed by atoms with E-state index in [1.165, 1.54) is 0 Å². The van der Waals surface area contributed by atoms with Gasteiger partial charge in [-0.3, -0.25) is 4.79 Å². The maximum atomic E-state index is 11.7. The number of hydrogen-bond donors (Lipinski definition) is 1. The third-order valence-electron chi connectivity index (χ3n) is 2.82. The predicted molar refractivity (Wildman–Crippen MR) is 88.1 cm³/mol. The maximum Gasteiger partial charge on any atom is 0.310 e. The normalized spacial score (nSPS) is 13.2. The van der Waals surface area contributed by atoms with Crippen LogP contribution in [-0.2, 0) is 9.53 Å². The zero-order valence-electron chi connectivity index (χ0n) is 13.8. The number of hydrogen-bond acceptors (Lipinski definition) is 4. The molecule has 0 aromatic carbocycles. The average molecular weight is 295 g/mol. The van der Waals surface area contributed by atoms with Gasteiger partial charge in [0.25, 0.3) is 0 Å². The first-order chi connectivity index (χ1) is 10.1. The summed E-state index contributed by atoms with van der Waals surface area (Å²) in [5, 5.41) is 3.24. The molecule has 0 saturated heterocycles. The van der Waals surface area contributed by atoms with E-state index in [1.54, 1.807) is 12.4 Å². The lowest BCUT2D eigenvalue weighted by atomic mass is 10.2. The Morgan fingerprint density at radius 3 is 2.67 bits per heavy atom. The van der Waals surface area contributed by atoms with E-state index in [9.17, 15) is 4.79 Å². The smallest absolute Gasteiger partial charge is 0.310 e. The van der Waals surface area contributed by atoms with Gasteiger partial charge in [-0.2, -0.15) is 0 Å². The van der Waals surface area contributed by atoms with E-state index in [0.29, 0.717) is 19.8 Å². The Bertz CT molecular complexity index is 365. The first-order valence-electron chi connectivity index (χ1n) is 7.56. The summed E-state index contributed by atoms with van der Waals surface area (Å²) in [6.07, 6.45) is 6.23. The van der Waals surface area contributed by atoms with Crippen LogP contribution in [0.2, 0.25) is 0 Å². The molecule has 0 rings (SSSR count). The van der Waals surface area contributed by atoms with Gasteiger partial charge in [0.05, 0.1) is 25.5 Å². The fourth-order valence-electron chi connectivity index (χ4n) is 1.66. The third kappa shape index (κ3) is 9.02. The van der Waals surface area contributed by atoms with Crippen LogP contribution in [0.15, 0.2) is 29.4 Å². The van der Waals surface area contributed by atoms with Gasteiger partial charge in [-0.1, -0.05) is 33.4 Å². The van der Waals surface area contributed by atoms with Gasteiger partial charge in [0, 0.05) is 12.2 Å². The Morgan fingerprint density at radius 1 is 1.43 bits per heavy atom. The molecule has 0 aliphatic rings. The molecule has 0 aromatic rings. The average Bonchev–Trinajstić information content (AvgIpc) is 2.48. The van der Waals surface area contributed by atoms with Crippen molar-refractivity contribution in [3.05, 3.63) is 24.4 Å². The largest absolute Gasteiger partial charge is 0.466 e. The van der Waals surface area contributed by atoms with Gasteiger partial charge < -0.3 is 15.0 Å². The van der Waals surface area contributed by atoms with Crippen LogP contribution in [0.25, 0.3) is 0 Å². The van der Waals surface area contributed by atoms with Crippen molar-refractivity contribution in [2.45, 2.75) is 34.1 Å². The van der Waals surface area contributed by atoms with E-state index in [1.807, 2.05) is 38.7 Å². The lowest BCUT2D eigenvalue weighted by Gasteiger charge is -2.23. The Morgan fingerprint density at radius 2 is 2.14 bits per heavy atom.